The highest BCUT2D eigenvalue weighted by Gasteiger charge is 2.64. The van der Waals surface area contributed by atoms with Gasteiger partial charge in [0.05, 0.1) is 17.1 Å². The average molecular weight is 743 g/mol. The number of nitrogens with one attached hydrogen (secondary N) is 2. The minimum absolute atomic E-state index is 0.0126. The second kappa shape index (κ2) is 13.7. The highest BCUT2D eigenvalue weighted by molar-refractivity contribution is 6.31. The molecule has 4 aliphatic rings. The molecule has 2 aromatic carbocycles. The van der Waals surface area contributed by atoms with Crippen LogP contribution in [0.3, 0.4) is 0 Å². The second-order valence-corrected chi connectivity index (χ2v) is 15.7. The predicted octanol–water partition coefficient (Wildman–Crippen LogP) is 3.84. The van der Waals surface area contributed by atoms with Gasteiger partial charge in [0.15, 0.2) is 11.5 Å². The number of halogens is 2. The number of imide groups is 1. The number of aromatic nitrogens is 2. The summed E-state index contributed by atoms with van der Waals surface area (Å²) in [6, 6.07) is 12.7. The van der Waals surface area contributed by atoms with Crippen molar-refractivity contribution in [3.05, 3.63) is 81.3 Å². The number of anilines is 1. The molecule has 53 heavy (non-hydrogen) atoms. The molecule has 2 N–H and O–H groups in total. The van der Waals surface area contributed by atoms with Gasteiger partial charge in [-0.3, -0.25) is 29.4 Å². The number of carbonyl (C=O) groups excluding carboxylic acids is 4. The van der Waals surface area contributed by atoms with E-state index in [9.17, 15) is 24.4 Å². The Morgan fingerprint density at radius 1 is 1.06 bits per heavy atom. The fourth-order valence-electron chi connectivity index (χ4n) is 8.57. The standard InChI is InChI=1S/C38H40ClFN8O5/c1-37(2)35(38(3,4)36(37)53-23-7-5-21(18-41)26(39)17-23)43-32(50)27-9-11-29(45-44-27)47-15-13-46(14-16-47)19-22-6-8-24-25(31(22)40)20-48(34(24)52)28-10-12-30(49)42-33(28)51/h5-9,11,17,28,35-36H,10,12-16,19-20H2,1-4H3,(H,43,50)(H,42,49,51). The van der Waals surface area contributed by atoms with Gasteiger partial charge in [-0.25, -0.2) is 4.39 Å². The molecule has 276 valence electrons. The third-order valence-electron chi connectivity index (χ3n) is 11.1. The van der Waals surface area contributed by atoms with E-state index in [0.29, 0.717) is 60.4 Å². The first-order valence-corrected chi connectivity index (χ1v) is 18.0. The maximum Gasteiger partial charge on any atom is 0.272 e. The van der Waals surface area contributed by atoms with Gasteiger partial charge in [0, 0.05) is 78.8 Å². The van der Waals surface area contributed by atoms with Crippen molar-refractivity contribution >= 4 is 41.0 Å². The molecule has 4 heterocycles. The number of nitrogens with zero attached hydrogens (tertiary/aromatic N) is 6. The maximum atomic E-state index is 15.7. The molecule has 0 radical (unpaired) electrons. The molecule has 1 aliphatic carbocycles. The lowest BCUT2D eigenvalue weighted by molar-refractivity contribution is -0.164. The van der Waals surface area contributed by atoms with E-state index in [4.69, 9.17) is 16.3 Å². The lowest BCUT2D eigenvalue weighted by Crippen LogP contribution is -2.74. The van der Waals surface area contributed by atoms with E-state index in [1.807, 2.05) is 33.8 Å². The van der Waals surface area contributed by atoms with Gasteiger partial charge in [0.2, 0.25) is 11.8 Å². The number of piperazine rings is 1. The molecule has 1 aromatic heterocycles. The number of rotatable bonds is 8. The summed E-state index contributed by atoms with van der Waals surface area (Å²) in [5.41, 5.74) is 0.716. The lowest BCUT2D eigenvalue weighted by Gasteiger charge is -2.63. The van der Waals surface area contributed by atoms with Crippen LogP contribution in [0.4, 0.5) is 10.2 Å². The lowest BCUT2D eigenvalue weighted by atomic mass is 9.49. The molecule has 1 unspecified atom stereocenters. The van der Waals surface area contributed by atoms with Gasteiger partial charge < -0.3 is 19.9 Å². The molecule has 4 amide bonds. The summed E-state index contributed by atoms with van der Waals surface area (Å²) in [7, 11) is 0. The first-order valence-electron chi connectivity index (χ1n) is 17.6. The summed E-state index contributed by atoms with van der Waals surface area (Å²) < 4.78 is 22.1. The molecule has 2 saturated heterocycles. The molecular formula is C38H40ClFN8O5. The van der Waals surface area contributed by atoms with E-state index < -0.39 is 34.5 Å². The van der Waals surface area contributed by atoms with Crippen LogP contribution >= 0.6 is 11.6 Å². The smallest absolute Gasteiger partial charge is 0.272 e. The molecule has 1 atom stereocenters. The topological polar surface area (TPSA) is 161 Å². The van der Waals surface area contributed by atoms with Crippen molar-refractivity contribution in [2.45, 2.75) is 71.8 Å². The van der Waals surface area contributed by atoms with E-state index in [0.717, 1.165) is 0 Å². The van der Waals surface area contributed by atoms with Crippen molar-refractivity contribution in [3.8, 4) is 11.8 Å². The van der Waals surface area contributed by atoms with Crippen LogP contribution in [0.5, 0.6) is 5.75 Å². The summed E-state index contributed by atoms with van der Waals surface area (Å²) in [5.74, 6) is -0.892. The third kappa shape index (κ3) is 6.57. The van der Waals surface area contributed by atoms with Crippen molar-refractivity contribution in [2.75, 3.05) is 31.1 Å². The average Bonchev–Trinajstić information content (AvgIpc) is 3.47. The Morgan fingerprint density at radius 2 is 1.79 bits per heavy atom. The molecule has 3 aliphatic heterocycles. The van der Waals surface area contributed by atoms with Crippen molar-refractivity contribution < 1.29 is 28.3 Å². The van der Waals surface area contributed by atoms with Crippen molar-refractivity contribution in [1.29, 1.82) is 5.26 Å². The van der Waals surface area contributed by atoms with Gasteiger partial charge >= 0.3 is 0 Å². The first-order chi connectivity index (χ1) is 25.2. The predicted molar refractivity (Wildman–Crippen MR) is 191 cm³/mol. The Labute approximate surface area is 311 Å². The Kier molecular flexibility index (Phi) is 9.36. The van der Waals surface area contributed by atoms with Crippen LogP contribution in [0, 0.1) is 28.0 Å². The zero-order chi connectivity index (χ0) is 37.8. The number of fused-ring (bicyclic) bond motifs is 1. The molecule has 15 heteroatoms. The molecule has 7 rings (SSSR count). The van der Waals surface area contributed by atoms with E-state index in [-0.39, 0.29) is 60.2 Å². The summed E-state index contributed by atoms with van der Waals surface area (Å²) in [6.45, 7) is 11.0. The van der Waals surface area contributed by atoms with Crippen LogP contribution in [0.15, 0.2) is 42.5 Å². The Balaban J connectivity index is 0.922. The number of carbonyl (C=O) groups is 4. The minimum Gasteiger partial charge on any atom is -0.489 e. The van der Waals surface area contributed by atoms with Gasteiger partial charge in [-0.15, -0.1) is 10.2 Å². The minimum atomic E-state index is -0.798. The number of hydrogen-bond acceptors (Lipinski definition) is 10. The van der Waals surface area contributed by atoms with E-state index in [2.05, 4.69) is 30.6 Å². The number of amides is 4. The summed E-state index contributed by atoms with van der Waals surface area (Å²) in [5, 5.41) is 23.5. The normalized spacial score (nSPS) is 23.5. The SMILES string of the molecule is CC1(C)C(NC(=O)c2ccc(N3CCN(Cc4ccc5c(c4F)CN(C4CCC(=O)NC4=O)C5=O)CC3)nn2)C(C)(C)C1Oc1ccc(C#N)c(Cl)c1. The third-order valence-corrected chi connectivity index (χ3v) is 11.4. The Bertz CT molecular complexity index is 2030. The zero-order valence-corrected chi connectivity index (χ0v) is 30.7. The van der Waals surface area contributed by atoms with Gasteiger partial charge in [-0.1, -0.05) is 45.4 Å². The van der Waals surface area contributed by atoms with Crippen LogP contribution in [0.2, 0.25) is 5.02 Å². The van der Waals surface area contributed by atoms with Gasteiger partial charge in [-0.05, 0) is 36.8 Å². The molecular weight excluding hydrogens is 703 g/mol. The molecule has 0 bridgehead atoms. The highest BCUT2D eigenvalue weighted by atomic mass is 35.5. The van der Waals surface area contributed by atoms with E-state index >= 15 is 4.39 Å². The highest BCUT2D eigenvalue weighted by Crippen LogP contribution is 2.55. The van der Waals surface area contributed by atoms with Crippen molar-refractivity contribution in [2.24, 2.45) is 10.8 Å². The van der Waals surface area contributed by atoms with Crippen LogP contribution in [0.25, 0.3) is 0 Å². The second-order valence-electron chi connectivity index (χ2n) is 15.3. The molecule has 13 nitrogen and oxygen atoms in total. The fraction of sp³-hybridized carbons (Fsp3) is 0.447. The Hall–Kier alpha value is -5.13. The van der Waals surface area contributed by atoms with Crippen LogP contribution in [-0.2, 0) is 22.7 Å². The number of piperidine rings is 1. The van der Waals surface area contributed by atoms with Gasteiger partial charge in [-0.2, -0.15) is 5.26 Å². The number of benzene rings is 2. The van der Waals surface area contributed by atoms with Crippen LogP contribution < -0.4 is 20.3 Å². The molecule has 0 spiro atoms. The number of hydrogen-bond donors (Lipinski definition) is 2. The summed E-state index contributed by atoms with van der Waals surface area (Å²) >= 11 is 6.22. The van der Waals surface area contributed by atoms with Gasteiger partial charge in [0.25, 0.3) is 11.8 Å². The quantitative estimate of drug-likeness (QED) is 0.325. The number of nitriles is 1. The maximum absolute atomic E-state index is 15.7. The largest absolute Gasteiger partial charge is 0.489 e. The number of ether oxygens (including phenoxy) is 1. The van der Waals surface area contributed by atoms with Crippen molar-refractivity contribution in [3.63, 3.8) is 0 Å². The van der Waals surface area contributed by atoms with Crippen LogP contribution in [-0.4, -0.2) is 88.0 Å². The van der Waals surface area contributed by atoms with E-state index in [1.54, 1.807) is 42.5 Å². The fourth-order valence-corrected chi connectivity index (χ4v) is 8.78. The molecule has 3 aromatic rings. The zero-order valence-electron chi connectivity index (χ0n) is 29.9. The molecule has 1 saturated carbocycles. The van der Waals surface area contributed by atoms with Gasteiger partial charge in [0.1, 0.15) is 29.8 Å². The van der Waals surface area contributed by atoms with Crippen LogP contribution in [0.1, 0.15) is 78.1 Å². The molecule has 3 fully saturated rings. The first kappa shape index (κ1) is 36.2. The van der Waals surface area contributed by atoms with E-state index in [1.165, 1.54) is 4.90 Å². The Morgan fingerprint density at radius 3 is 2.43 bits per heavy atom. The summed E-state index contributed by atoms with van der Waals surface area (Å²) in [6.07, 6.45) is 0.113. The monoisotopic (exact) mass is 742 g/mol. The van der Waals surface area contributed by atoms with Crippen molar-refractivity contribution in [1.82, 2.24) is 30.6 Å². The summed E-state index contributed by atoms with van der Waals surface area (Å²) in [4.78, 5) is 55.9.